The summed E-state index contributed by atoms with van der Waals surface area (Å²) < 4.78 is 0. The third kappa shape index (κ3) is 12.7. The van der Waals surface area contributed by atoms with E-state index in [4.69, 9.17) is 10.4 Å². The van der Waals surface area contributed by atoms with Gasteiger partial charge < -0.3 is 9.90 Å². The van der Waals surface area contributed by atoms with E-state index in [-0.39, 0.29) is 18.3 Å². The van der Waals surface area contributed by atoms with Crippen LogP contribution in [0.4, 0.5) is 0 Å². The molecule has 0 radical (unpaired) electrons. The maximum absolute atomic E-state index is 10.1. The molecule has 0 aromatic carbocycles. The average molecular weight is 1220 g/mol. The Balaban J connectivity index is 0.0000000889. The van der Waals surface area contributed by atoms with Crippen molar-refractivity contribution in [2.45, 2.75) is 333 Å². The molecule has 39 saturated carbocycles. The van der Waals surface area contributed by atoms with Crippen LogP contribution in [0.25, 0.3) is 0 Å². The molecular formula is C84H137N3O2. The molecule has 26 bridgehead atoms. The first kappa shape index (κ1) is 66.1. The Morgan fingerprint density at radius 1 is 0.371 bits per heavy atom. The SMILES string of the molecule is C.CC12CC(C1)C2.CC12CC(C1)C2.CC12CC(C1)C2.CC12CC(C1)C2.CC12CC(C1)C2.CC12CC(C1)C2.CC12CC(C1)C2.CC12CC(C1)C2.CCC12CC(C1)C2.CN=C(C#N)C12CC(C1)C2.CN=C(C)C12CC(C1)C2.O=CC12CC(C1)C2.OCC12CC(C1)C2. The molecule has 39 aliphatic carbocycles. The van der Waals surface area contributed by atoms with Crippen LogP contribution in [0.15, 0.2) is 9.98 Å². The molecule has 0 saturated heterocycles. The lowest BCUT2D eigenvalue weighted by Gasteiger charge is -2.62. The molecule has 0 aromatic rings. The van der Waals surface area contributed by atoms with Crippen LogP contribution in [0.3, 0.4) is 0 Å². The van der Waals surface area contributed by atoms with E-state index in [9.17, 15) is 4.79 Å². The second kappa shape index (κ2) is 22.8. The molecule has 0 amide bonds. The quantitative estimate of drug-likeness (QED) is 0.220. The number of aliphatic hydroxyl groups is 1. The number of aliphatic hydroxyl groups excluding tert-OH is 1. The predicted molar refractivity (Wildman–Crippen MR) is 371 cm³/mol. The molecule has 39 aliphatic rings. The van der Waals surface area contributed by atoms with Crippen LogP contribution in [0.5, 0.6) is 0 Å². The fourth-order valence-corrected chi connectivity index (χ4v) is 25.3. The normalized spacial score (nSPS) is 56.4. The van der Waals surface area contributed by atoms with Crippen LogP contribution in [0, 0.1) is 159 Å². The van der Waals surface area contributed by atoms with Crippen molar-refractivity contribution in [3.8, 4) is 6.07 Å². The molecule has 39 rings (SSSR count). The minimum absolute atomic E-state index is 0. The molecule has 0 aromatic heterocycles. The van der Waals surface area contributed by atoms with Gasteiger partial charge in [-0.15, -0.1) is 0 Å². The first-order valence-electron chi connectivity index (χ1n) is 38.8. The molecule has 89 heavy (non-hydrogen) atoms. The first-order valence-corrected chi connectivity index (χ1v) is 38.8. The Morgan fingerprint density at radius 2 is 0.573 bits per heavy atom. The van der Waals surface area contributed by atoms with Crippen molar-refractivity contribution in [2.75, 3.05) is 20.7 Å². The van der Waals surface area contributed by atoms with E-state index in [1.807, 2.05) is 7.05 Å². The van der Waals surface area contributed by atoms with E-state index < -0.39 is 0 Å². The number of hydrogen-bond acceptors (Lipinski definition) is 5. The smallest absolute Gasteiger partial charge is 0.126 e. The van der Waals surface area contributed by atoms with Crippen LogP contribution >= 0.6 is 0 Å². The summed E-state index contributed by atoms with van der Waals surface area (Å²) in [6.07, 6.45) is 60.1. The maximum atomic E-state index is 10.1. The third-order valence-corrected chi connectivity index (χ3v) is 32.5. The lowest BCUT2D eigenvalue weighted by atomic mass is 9.43. The number of rotatable bonds is 5. The minimum atomic E-state index is 0. The fraction of sp³-hybridized carbons (Fsp3) is 0.952. The van der Waals surface area contributed by atoms with Crippen LogP contribution < -0.4 is 0 Å². The summed E-state index contributed by atoms with van der Waals surface area (Å²) in [7, 11) is 3.63. The zero-order valence-electron chi connectivity index (χ0n) is 59.3. The highest BCUT2D eigenvalue weighted by atomic mass is 16.3. The Bertz CT molecular complexity index is 2190. The van der Waals surface area contributed by atoms with E-state index in [0.717, 1.165) is 84.4 Å². The zero-order chi connectivity index (χ0) is 62.0. The summed E-state index contributed by atoms with van der Waals surface area (Å²) in [5, 5.41) is 17.4. The minimum Gasteiger partial charge on any atom is -0.396 e. The number of aldehydes is 1. The summed E-state index contributed by atoms with van der Waals surface area (Å²) in [6, 6.07) is 2.18. The number of carbonyl (C=O) groups excluding carboxylic acids is 1. The van der Waals surface area contributed by atoms with Crippen molar-refractivity contribution >= 4 is 17.7 Å². The van der Waals surface area contributed by atoms with Crippen molar-refractivity contribution in [1.82, 2.24) is 0 Å². The molecular weight excluding hydrogens is 1080 g/mol. The van der Waals surface area contributed by atoms with Crippen molar-refractivity contribution in [3.05, 3.63) is 0 Å². The van der Waals surface area contributed by atoms with Gasteiger partial charge in [0.05, 0.1) is 0 Å². The van der Waals surface area contributed by atoms with Gasteiger partial charge in [-0.25, -0.2) is 0 Å². The van der Waals surface area contributed by atoms with Gasteiger partial charge in [0.2, 0.25) is 0 Å². The zero-order valence-corrected chi connectivity index (χ0v) is 59.3. The van der Waals surface area contributed by atoms with Gasteiger partial charge in [-0.2, -0.15) is 5.26 Å². The highest BCUT2D eigenvalue weighted by molar-refractivity contribution is 6.04. The maximum Gasteiger partial charge on any atom is 0.126 e. The number of hydrogen-bond donors (Lipinski definition) is 1. The van der Waals surface area contributed by atoms with Gasteiger partial charge in [0, 0.05) is 42.7 Å². The van der Waals surface area contributed by atoms with E-state index in [2.05, 4.69) is 85.3 Å². The average Bonchev–Trinajstić information content (AvgIpc) is 0.746. The van der Waals surface area contributed by atoms with Gasteiger partial charge in [-0.05, 0) is 388 Å². The summed E-state index contributed by atoms with van der Waals surface area (Å²) >= 11 is 0. The van der Waals surface area contributed by atoms with Gasteiger partial charge in [0.25, 0.3) is 0 Å². The molecule has 5 heteroatoms. The van der Waals surface area contributed by atoms with Crippen LogP contribution in [0.1, 0.15) is 333 Å². The van der Waals surface area contributed by atoms with Crippen LogP contribution in [-0.4, -0.2) is 43.5 Å². The van der Waals surface area contributed by atoms with Crippen LogP contribution in [-0.2, 0) is 4.79 Å². The summed E-state index contributed by atoms with van der Waals surface area (Å²) in [4.78, 5) is 18.4. The van der Waals surface area contributed by atoms with Gasteiger partial charge in [0.15, 0.2) is 0 Å². The lowest BCUT2D eigenvalue weighted by Crippen LogP contribution is -2.56. The largest absolute Gasteiger partial charge is 0.396 e. The Hall–Kier alpha value is -1.54. The highest BCUT2D eigenvalue weighted by Gasteiger charge is 2.62. The summed E-state index contributed by atoms with van der Waals surface area (Å²) in [5.74, 6) is 14.6. The lowest BCUT2D eigenvalue weighted by molar-refractivity contribution is -0.147. The molecule has 1 N–H and O–H groups in total. The predicted octanol–water partition coefficient (Wildman–Crippen LogP) is 22.3. The molecule has 0 atom stereocenters. The van der Waals surface area contributed by atoms with Crippen LogP contribution in [0.2, 0.25) is 0 Å². The van der Waals surface area contributed by atoms with Crippen molar-refractivity contribution in [2.24, 2.45) is 157 Å². The van der Waals surface area contributed by atoms with Gasteiger partial charge in [0.1, 0.15) is 18.1 Å². The van der Waals surface area contributed by atoms with Gasteiger partial charge in [-0.1, -0.05) is 76.2 Å². The van der Waals surface area contributed by atoms with Crippen molar-refractivity contribution < 1.29 is 9.90 Å². The first-order chi connectivity index (χ1) is 41.4. The molecule has 0 spiro atoms. The number of aliphatic imine (C=N–C) groups is 2. The molecule has 0 aliphatic heterocycles. The summed E-state index contributed by atoms with van der Waals surface area (Å²) in [5.41, 5.74) is 11.6. The second-order valence-corrected chi connectivity index (χ2v) is 42.8. The molecule has 0 unspecified atom stereocenters. The monoisotopic (exact) mass is 1220 g/mol. The number of nitrogens with zero attached hydrogens (tertiary/aromatic N) is 3. The number of carbonyl (C=O) groups is 1. The van der Waals surface area contributed by atoms with E-state index in [1.54, 1.807) is 180 Å². The topological polar surface area (TPSA) is 85.8 Å². The standard InChI is InChI=1S/C8H10N2.C8H13N.C7H12.C6H10O.C6H8O.8C6H10.CH4/c1-10-7(5-9)8-2-6(3-8)4-8;1-6(9-2)8-3-7(4-8)5-8;1-2-7-3-6(4-7)5-7;2*7-4-6-1-5(2-6)3-6;8*1-6-2-5(3-6)4-6;/h6H,2-4H2,1H3;7H,3-5H2,1-2H3;6H,2-5H2,1H3;5,7H,1-4H2;4-5H,1-3H2;8*5H,2-4H2,1H3;1H4. The summed E-state index contributed by atoms with van der Waals surface area (Å²) in [6.45, 7) is 24.1. The van der Waals surface area contributed by atoms with E-state index in [0.29, 0.717) is 17.4 Å². The van der Waals surface area contributed by atoms with E-state index in [1.165, 1.54) is 142 Å². The van der Waals surface area contributed by atoms with Gasteiger partial charge in [-0.3, -0.25) is 9.98 Å². The Labute approximate surface area is 547 Å². The van der Waals surface area contributed by atoms with Gasteiger partial charge >= 0.3 is 0 Å². The fourth-order valence-electron chi connectivity index (χ4n) is 25.3. The Morgan fingerprint density at radius 3 is 0.596 bits per heavy atom. The molecule has 0 heterocycles. The van der Waals surface area contributed by atoms with E-state index >= 15 is 0 Å². The van der Waals surface area contributed by atoms with Crippen molar-refractivity contribution in [1.29, 1.82) is 5.26 Å². The van der Waals surface area contributed by atoms with Crippen molar-refractivity contribution in [3.63, 3.8) is 0 Å². The Kier molecular flexibility index (Phi) is 16.9. The molecule has 39 fully saturated rings. The molecule has 500 valence electrons. The second-order valence-electron chi connectivity index (χ2n) is 42.8. The molecule has 5 nitrogen and oxygen atoms in total. The third-order valence-electron chi connectivity index (χ3n) is 32.5. The highest BCUT2D eigenvalue weighted by Crippen LogP contribution is 2.71. The number of nitriles is 1.